The SMILES string of the molecule is O=C(O)CC1CN(C(=O)C2(c3ccc(F)cc3)CC2)C1. The summed E-state index contributed by atoms with van der Waals surface area (Å²) in [6, 6.07) is 6.11. The Balaban J connectivity index is 1.66. The summed E-state index contributed by atoms with van der Waals surface area (Å²) < 4.78 is 13.0. The molecule has 1 aliphatic carbocycles. The number of hydrogen-bond acceptors (Lipinski definition) is 2. The molecule has 1 aromatic carbocycles. The highest BCUT2D eigenvalue weighted by Gasteiger charge is 2.54. The third-order valence-electron chi connectivity index (χ3n) is 4.26. The second kappa shape index (κ2) is 4.58. The van der Waals surface area contributed by atoms with Crippen molar-refractivity contribution in [1.82, 2.24) is 4.90 Å². The largest absolute Gasteiger partial charge is 0.481 e. The van der Waals surface area contributed by atoms with Crippen LogP contribution in [0.2, 0.25) is 0 Å². The molecule has 4 nitrogen and oxygen atoms in total. The molecule has 2 fully saturated rings. The summed E-state index contributed by atoms with van der Waals surface area (Å²) in [5.74, 6) is -0.990. The molecule has 0 bridgehead atoms. The van der Waals surface area contributed by atoms with Crippen LogP contribution in [0.5, 0.6) is 0 Å². The van der Waals surface area contributed by atoms with Gasteiger partial charge in [-0.25, -0.2) is 4.39 Å². The average Bonchev–Trinajstić information content (AvgIpc) is 3.14. The topological polar surface area (TPSA) is 57.6 Å². The molecule has 1 saturated carbocycles. The van der Waals surface area contributed by atoms with Crippen LogP contribution in [0.3, 0.4) is 0 Å². The highest BCUT2D eigenvalue weighted by Crippen LogP contribution is 2.50. The molecule has 0 radical (unpaired) electrons. The van der Waals surface area contributed by atoms with E-state index in [4.69, 9.17) is 5.11 Å². The van der Waals surface area contributed by atoms with Crippen LogP contribution >= 0.6 is 0 Å². The van der Waals surface area contributed by atoms with E-state index in [1.807, 2.05) is 0 Å². The predicted octanol–water partition coefficient (Wildman–Crippen LogP) is 1.79. The molecule has 1 heterocycles. The molecule has 1 saturated heterocycles. The first-order valence-corrected chi connectivity index (χ1v) is 6.78. The van der Waals surface area contributed by atoms with Gasteiger partial charge in [-0.05, 0) is 30.5 Å². The van der Waals surface area contributed by atoms with Gasteiger partial charge in [0.2, 0.25) is 5.91 Å². The van der Waals surface area contributed by atoms with E-state index in [-0.39, 0.29) is 24.1 Å². The van der Waals surface area contributed by atoms with Gasteiger partial charge in [0, 0.05) is 19.0 Å². The van der Waals surface area contributed by atoms with Gasteiger partial charge in [-0.1, -0.05) is 12.1 Å². The summed E-state index contributed by atoms with van der Waals surface area (Å²) in [6.45, 7) is 1.04. The number of amides is 1. The molecule has 106 valence electrons. The van der Waals surface area contributed by atoms with E-state index in [0.29, 0.717) is 13.1 Å². The van der Waals surface area contributed by atoms with E-state index in [2.05, 4.69) is 0 Å². The Kier molecular flexibility index (Phi) is 3.00. The molecular formula is C15H16FNO3. The van der Waals surface area contributed by atoms with Crippen molar-refractivity contribution in [2.75, 3.05) is 13.1 Å². The van der Waals surface area contributed by atoms with E-state index >= 15 is 0 Å². The van der Waals surface area contributed by atoms with Crippen molar-refractivity contribution >= 4 is 11.9 Å². The van der Waals surface area contributed by atoms with Crippen LogP contribution in [0.15, 0.2) is 24.3 Å². The number of benzene rings is 1. The molecule has 1 N–H and O–H groups in total. The van der Waals surface area contributed by atoms with Crippen LogP contribution < -0.4 is 0 Å². The van der Waals surface area contributed by atoms with Crippen LogP contribution in [0, 0.1) is 11.7 Å². The normalized spacial score (nSPS) is 20.4. The van der Waals surface area contributed by atoms with Gasteiger partial charge < -0.3 is 10.0 Å². The van der Waals surface area contributed by atoms with Crippen molar-refractivity contribution < 1.29 is 19.1 Å². The number of likely N-dealkylation sites (tertiary alicyclic amines) is 1. The first-order valence-electron chi connectivity index (χ1n) is 6.78. The van der Waals surface area contributed by atoms with Crippen LogP contribution in [0.25, 0.3) is 0 Å². The lowest BCUT2D eigenvalue weighted by Gasteiger charge is -2.40. The molecule has 5 heteroatoms. The lowest BCUT2D eigenvalue weighted by atomic mass is 9.89. The summed E-state index contributed by atoms with van der Waals surface area (Å²) in [5.41, 5.74) is 0.382. The third-order valence-corrected chi connectivity index (χ3v) is 4.26. The number of rotatable bonds is 4. The Morgan fingerprint density at radius 2 is 1.85 bits per heavy atom. The number of carbonyl (C=O) groups is 2. The van der Waals surface area contributed by atoms with Crippen molar-refractivity contribution in [1.29, 1.82) is 0 Å². The fourth-order valence-electron chi connectivity index (χ4n) is 2.93. The van der Waals surface area contributed by atoms with E-state index in [1.165, 1.54) is 12.1 Å². The van der Waals surface area contributed by atoms with Gasteiger partial charge in [0.25, 0.3) is 0 Å². The van der Waals surface area contributed by atoms with Gasteiger partial charge in [-0.3, -0.25) is 9.59 Å². The second-order valence-electron chi connectivity index (χ2n) is 5.76. The Bertz CT molecular complexity index is 545. The van der Waals surface area contributed by atoms with Crippen molar-refractivity contribution in [3.63, 3.8) is 0 Å². The zero-order valence-corrected chi connectivity index (χ0v) is 11.0. The van der Waals surface area contributed by atoms with Gasteiger partial charge in [0.1, 0.15) is 5.82 Å². The highest BCUT2D eigenvalue weighted by atomic mass is 19.1. The first-order chi connectivity index (χ1) is 9.51. The number of nitrogens with zero attached hydrogens (tertiary/aromatic N) is 1. The van der Waals surface area contributed by atoms with E-state index in [9.17, 15) is 14.0 Å². The molecule has 1 aromatic rings. The van der Waals surface area contributed by atoms with Gasteiger partial charge >= 0.3 is 5.97 Å². The maximum atomic E-state index is 13.0. The van der Waals surface area contributed by atoms with Crippen molar-refractivity contribution in [2.45, 2.75) is 24.7 Å². The van der Waals surface area contributed by atoms with Gasteiger partial charge in [-0.15, -0.1) is 0 Å². The molecule has 1 amide bonds. The molecule has 3 rings (SSSR count). The maximum absolute atomic E-state index is 13.0. The zero-order valence-electron chi connectivity index (χ0n) is 11.0. The Morgan fingerprint density at radius 1 is 1.25 bits per heavy atom. The van der Waals surface area contributed by atoms with Crippen LogP contribution in [0.4, 0.5) is 4.39 Å². The number of aliphatic carboxylic acids is 1. The maximum Gasteiger partial charge on any atom is 0.303 e. The van der Waals surface area contributed by atoms with Crippen LogP contribution in [-0.4, -0.2) is 35.0 Å². The van der Waals surface area contributed by atoms with Gasteiger partial charge in [0.15, 0.2) is 0 Å². The number of carboxylic acid groups (broad SMARTS) is 1. The number of hydrogen-bond donors (Lipinski definition) is 1. The van der Waals surface area contributed by atoms with Crippen molar-refractivity contribution in [3.05, 3.63) is 35.6 Å². The molecule has 0 unspecified atom stereocenters. The molecule has 20 heavy (non-hydrogen) atoms. The predicted molar refractivity (Wildman–Crippen MR) is 69.6 cm³/mol. The fourth-order valence-corrected chi connectivity index (χ4v) is 2.93. The fraction of sp³-hybridized carbons (Fsp3) is 0.467. The molecule has 0 atom stereocenters. The smallest absolute Gasteiger partial charge is 0.303 e. The molecular weight excluding hydrogens is 261 g/mol. The Hall–Kier alpha value is -1.91. The number of carbonyl (C=O) groups excluding carboxylic acids is 1. The standard InChI is InChI=1S/C15H16FNO3/c16-12-3-1-11(2-4-12)15(5-6-15)14(20)17-8-10(9-17)7-13(18)19/h1-4,10H,5-9H2,(H,18,19). The molecule has 1 aliphatic heterocycles. The minimum Gasteiger partial charge on any atom is -0.481 e. The number of carboxylic acids is 1. The summed E-state index contributed by atoms with van der Waals surface area (Å²) in [6.07, 6.45) is 1.70. The quantitative estimate of drug-likeness (QED) is 0.912. The van der Waals surface area contributed by atoms with Gasteiger partial charge in [0.05, 0.1) is 11.8 Å². The van der Waals surface area contributed by atoms with Gasteiger partial charge in [-0.2, -0.15) is 0 Å². The van der Waals surface area contributed by atoms with E-state index in [1.54, 1.807) is 17.0 Å². The second-order valence-corrected chi connectivity index (χ2v) is 5.76. The van der Waals surface area contributed by atoms with Crippen molar-refractivity contribution in [3.8, 4) is 0 Å². The van der Waals surface area contributed by atoms with Crippen molar-refractivity contribution in [2.24, 2.45) is 5.92 Å². The first kappa shape index (κ1) is 13.1. The molecule has 0 aromatic heterocycles. The monoisotopic (exact) mass is 277 g/mol. The summed E-state index contributed by atoms with van der Waals surface area (Å²) in [7, 11) is 0. The van der Waals surface area contributed by atoms with E-state index in [0.717, 1.165) is 18.4 Å². The van der Waals surface area contributed by atoms with Crippen LogP contribution in [-0.2, 0) is 15.0 Å². The zero-order chi connectivity index (χ0) is 14.3. The average molecular weight is 277 g/mol. The lowest BCUT2D eigenvalue weighted by Crippen LogP contribution is -2.53. The summed E-state index contributed by atoms with van der Waals surface area (Å²) in [5, 5.41) is 8.71. The molecule has 0 spiro atoms. The minimum absolute atomic E-state index is 0.0609. The molecule has 2 aliphatic rings. The summed E-state index contributed by atoms with van der Waals surface area (Å²) >= 11 is 0. The Labute approximate surface area is 116 Å². The Morgan fingerprint density at radius 3 is 2.35 bits per heavy atom. The minimum atomic E-state index is -0.818. The lowest BCUT2D eigenvalue weighted by molar-refractivity contribution is -0.146. The van der Waals surface area contributed by atoms with Crippen LogP contribution in [0.1, 0.15) is 24.8 Å². The summed E-state index contributed by atoms with van der Waals surface area (Å²) in [4.78, 5) is 24.8. The number of halogens is 1. The van der Waals surface area contributed by atoms with E-state index < -0.39 is 11.4 Å². The highest BCUT2D eigenvalue weighted by molar-refractivity contribution is 5.92. The third kappa shape index (κ3) is 2.17.